The largest absolute Gasteiger partial charge is 0.384 e. The average molecular weight is 246 g/mol. The minimum atomic E-state index is -0.108. The number of carbonyl (C=O) groups excluding carboxylic acids is 1. The zero-order valence-electron chi connectivity index (χ0n) is 9.78. The fourth-order valence-corrected chi connectivity index (χ4v) is 1.55. The zero-order chi connectivity index (χ0) is 13.0. The second-order valence-corrected chi connectivity index (χ2v) is 3.84. The van der Waals surface area contributed by atoms with Gasteiger partial charge in [-0.15, -0.1) is 5.10 Å². The van der Waals surface area contributed by atoms with Gasteiger partial charge in [-0.25, -0.2) is 4.98 Å². The molecule has 0 aliphatic heterocycles. The summed E-state index contributed by atoms with van der Waals surface area (Å²) in [7, 11) is 0. The van der Waals surface area contributed by atoms with Crippen LogP contribution in [0.25, 0.3) is 0 Å². The predicted molar refractivity (Wildman–Crippen MR) is 65.8 cm³/mol. The molecule has 0 spiro atoms. The van der Waals surface area contributed by atoms with Crippen LogP contribution in [0.1, 0.15) is 16.1 Å². The summed E-state index contributed by atoms with van der Waals surface area (Å²) < 4.78 is 1.55. The first kappa shape index (κ1) is 12.2. The van der Waals surface area contributed by atoms with Crippen LogP contribution in [0, 0.1) is 0 Å². The molecule has 0 saturated carbocycles. The Balaban J connectivity index is 2.07. The molecule has 0 aliphatic carbocycles. The van der Waals surface area contributed by atoms with Gasteiger partial charge in [0.1, 0.15) is 11.5 Å². The zero-order valence-corrected chi connectivity index (χ0v) is 9.78. The number of aromatic nitrogens is 4. The molecule has 2 aromatic rings. The van der Waals surface area contributed by atoms with E-state index in [1.54, 1.807) is 29.2 Å². The van der Waals surface area contributed by atoms with E-state index in [0.29, 0.717) is 24.6 Å². The third-order valence-corrected chi connectivity index (χ3v) is 2.39. The molecule has 0 saturated heterocycles. The maximum absolute atomic E-state index is 11.9. The van der Waals surface area contributed by atoms with Crippen molar-refractivity contribution in [1.29, 1.82) is 0 Å². The topological polar surface area (TPSA) is 113 Å². The smallest absolute Gasteiger partial charge is 0.189 e. The van der Waals surface area contributed by atoms with Gasteiger partial charge in [-0.05, 0) is 17.7 Å². The van der Waals surface area contributed by atoms with Gasteiger partial charge in [0.2, 0.25) is 0 Å². The van der Waals surface area contributed by atoms with Crippen LogP contribution in [0.4, 0.5) is 5.82 Å². The third kappa shape index (κ3) is 2.89. The molecule has 2 rings (SSSR count). The van der Waals surface area contributed by atoms with Crippen LogP contribution >= 0.6 is 0 Å². The van der Waals surface area contributed by atoms with Gasteiger partial charge in [0.05, 0.1) is 12.7 Å². The Morgan fingerprint density at radius 2 is 2.28 bits per heavy atom. The molecule has 4 N–H and O–H groups in total. The Hall–Kier alpha value is -2.28. The van der Waals surface area contributed by atoms with Gasteiger partial charge in [0, 0.05) is 19.2 Å². The van der Waals surface area contributed by atoms with Crippen molar-refractivity contribution in [1.82, 2.24) is 20.0 Å². The van der Waals surface area contributed by atoms with Gasteiger partial charge in [-0.3, -0.25) is 9.48 Å². The maximum Gasteiger partial charge on any atom is 0.189 e. The number of carbonyl (C=O) groups is 1. The summed E-state index contributed by atoms with van der Waals surface area (Å²) in [6.07, 6.45) is 3.40. The number of pyridine rings is 1. The van der Waals surface area contributed by atoms with E-state index >= 15 is 0 Å². The first-order chi connectivity index (χ1) is 8.69. The van der Waals surface area contributed by atoms with Crippen LogP contribution < -0.4 is 11.5 Å². The van der Waals surface area contributed by atoms with Gasteiger partial charge < -0.3 is 11.5 Å². The highest BCUT2D eigenvalue weighted by atomic mass is 16.1. The summed E-state index contributed by atoms with van der Waals surface area (Å²) in [4.78, 5) is 15.8. The summed E-state index contributed by atoms with van der Waals surface area (Å²) in [5, 5.41) is 7.63. The molecule has 2 heterocycles. The van der Waals surface area contributed by atoms with Crippen molar-refractivity contribution in [2.24, 2.45) is 5.73 Å². The second-order valence-electron chi connectivity index (χ2n) is 3.84. The second kappa shape index (κ2) is 5.37. The van der Waals surface area contributed by atoms with Gasteiger partial charge in [-0.1, -0.05) is 5.21 Å². The highest BCUT2D eigenvalue weighted by Gasteiger charge is 2.11. The number of Topliss-reactive ketones (excluding diaryl/α,β-unsaturated/α-hetero) is 1. The van der Waals surface area contributed by atoms with Gasteiger partial charge in [0.15, 0.2) is 5.78 Å². The van der Waals surface area contributed by atoms with Crippen molar-refractivity contribution in [2.75, 3.05) is 12.3 Å². The van der Waals surface area contributed by atoms with Crippen LogP contribution in [0.2, 0.25) is 0 Å². The van der Waals surface area contributed by atoms with E-state index < -0.39 is 0 Å². The fourth-order valence-electron chi connectivity index (χ4n) is 1.55. The first-order valence-electron chi connectivity index (χ1n) is 5.53. The van der Waals surface area contributed by atoms with Gasteiger partial charge in [-0.2, -0.15) is 0 Å². The number of anilines is 1. The predicted octanol–water partition coefficient (Wildman–Crippen LogP) is -0.361. The van der Waals surface area contributed by atoms with E-state index in [4.69, 9.17) is 11.5 Å². The lowest BCUT2D eigenvalue weighted by Gasteiger charge is -1.99. The van der Waals surface area contributed by atoms with E-state index in [2.05, 4.69) is 15.3 Å². The van der Waals surface area contributed by atoms with Crippen LogP contribution in [0.5, 0.6) is 0 Å². The van der Waals surface area contributed by atoms with Crippen molar-refractivity contribution < 1.29 is 4.79 Å². The number of nitrogen functional groups attached to an aromatic ring is 1. The van der Waals surface area contributed by atoms with E-state index in [-0.39, 0.29) is 12.2 Å². The number of ketones is 1. The molecule has 0 aromatic carbocycles. The molecule has 0 amide bonds. The van der Waals surface area contributed by atoms with Crippen molar-refractivity contribution >= 4 is 11.6 Å². The lowest BCUT2D eigenvalue weighted by atomic mass is 10.1. The molecule has 94 valence electrons. The van der Waals surface area contributed by atoms with E-state index in [9.17, 15) is 4.79 Å². The first-order valence-corrected chi connectivity index (χ1v) is 5.53. The molecule has 7 nitrogen and oxygen atoms in total. The molecule has 0 radical (unpaired) electrons. The van der Waals surface area contributed by atoms with E-state index in [1.807, 2.05) is 0 Å². The van der Waals surface area contributed by atoms with Crippen molar-refractivity contribution in [3.63, 3.8) is 0 Å². The molecule has 0 bridgehead atoms. The maximum atomic E-state index is 11.9. The molecule has 18 heavy (non-hydrogen) atoms. The fraction of sp³-hybridized carbons (Fsp3) is 0.273. The third-order valence-electron chi connectivity index (χ3n) is 2.39. The normalized spacial score (nSPS) is 10.5. The monoisotopic (exact) mass is 246 g/mol. The average Bonchev–Trinajstić information content (AvgIpc) is 2.78. The van der Waals surface area contributed by atoms with Gasteiger partial charge in [0.25, 0.3) is 0 Å². The van der Waals surface area contributed by atoms with Crippen LogP contribution in [0.15, 0.2) is 24.5 Å². The number of nitrogens with two attached hydrogens (primary N) is 2. The van der Waals surface area contributed by atoms with Crippen LogP contribution in [0.3, 0.4) is 0 Å². The van der Waals surface area contributed by atoms with Crippen molar-refractivity contribution in [3.05, 3.63) is 35.8 Å². The Labute approximate surface area is 104 Å². The number of rotatable bonds is 5. The molecular formula is C11H14N6O. The van der Waals surface area contributed by atoms with Crippen molar-refractivity contribution in [2.45, 2.75) is 13.0 Å². The quantitative estimate of drug-likeness (QED) is 0.696. The summed E-state index contributed by atoms with van der Waals surface area (Å²) >= 11 is 0. The van der Waals surface area contributed by atoms with Crippen LogP contribution in [-0.2, 0) is 13.0 Å². The highest BCUT2D eigenvalue weighted by molar-refractivity contribution is 5.95. The standard InChI is InChI=1S/C11H14N6O/c12-2-4-17-7-9(15-16-17)10(18)5-8-1-3-14-11(13)6-8/h1,3,6-7H,2,4-5,12H2,(H2,13,14). The molecule has 7 heteroatoms. The molecule has 0 unspecified atom stereocenters. The summed E-state index contributed by atoms with van der Waals surface area (Å²) in [6, 6.07) is 3.42. The summed E-state index contributed by atoms with van der Waals surface area (Å²) in [5.41, 5.74) is 12.1. The number of nitrogens with zero attached hydrogens (tertiary/aromatic N) is 4. The minimum Gasteiger partial charge on any atom is -0.384 e. The minimum absolute atomic E-state index is 0.108. The van der Waals surface area contributed by atoms with Crippen molar-refractivity contribution in [3.8, 4) is 0 Å². The Kier molecular flexibility index (Phi) is 3.63. The number of hydrogen-bond acceptors (Lipinski definition) is 6. The Bertz CT molecular complexity index is 550. The number of hydrogen-bond donors (Lipinski definition) is 2. The Morgan fingerprint density at radius 1 is 1.44 bits per heavy atom. The Morgan fingerprint density at radius 3 is 3.00 bits per heavy atom. The lowest BCUT2D eigenvalue weighted by molar-refractivity contribution is 0.0988. The molecule has 0 fully saturated rings. The summed E-state index contributed by atoms with van der Waals surface area (Å²) in [5.74, 6) is 0.288. The van der Waals surface area contributed by atoms with Gasteiger partial charge >= 0.3 is 0 Å². The SMILES string of the molecule is NCCn1cc(C(=O)Cc2ccnc(N)c2)nn1. The van der Waals surface area contributed by atoms with Crippen LogP contribution in [-0.4, -0.2) is 32.3 Å². The molecule has 0 atom stereocenters. The highest BCUT2D eigenvalue weighted by Crippen LogP contribution is 2.07. The van der Waals surface area contributed by atoms with E-state index in [1.165, 1.54) is 0 Å². The molecule has 2 aromatic heterocycles. The lowest BCUT2D eigenvalue weighted by Crippen LogP contribution is -2.10. The van der Waals surface area contributed by atoms with E-state index in [0.717, 1.165) is 5.56 Å². The molecule has 0 aliphatic rings. The molecular weight excluding hydrogens is 232 g/mol. The summed E-state index contributed by atoms with van der Waals surface area (Å²) in [6.45, 7) is 1.00.